The minimum atomic E-state index is -0.266. The Balaban J connectivity index is 1.55. The third kappa shape index (κ3) is 4.41. The highest BCUT2D eigenvalue weighted by Crippen LogP contribution is 2.18. The van der Waals surface area contributed by atoms with E-state index >= 15 is 0 Å². The average Bonchev–Trinajstić information content (AvgIpc) is 2.77. The molecule has 1 N–H and O–H groups in total. The van der Waals surface area contributed by atoms with Gasteiger partial charge in [0, 0.05) is 5.39 Å². The number of amides is 1. The van der Waals surface area contributed by atoms with Gasteiger partial charge in [-0.15, -0.1) is 0 Å². The predicted octanol–water partition coefficient (Wildman–Crippen LogP) is 3.50. The normalized spacial score (nSPS) is 11.9. The van der Waals surface area contributed by atoms with Crippen LogP contribution in [0.2, 0.25) is 0 Å². The van der Waals surface area contributed by atoms with Gasteiger partial charge in [-0.3, -0.25) is 9.59 Å². The van der Waals surface area contributed by atoms with Gasteiger partial charge in [0.25, 0.3) is 5.56 Å². The topological polar surface area (TPSA) is 64.0 Å². The van der Waals surface area contributed by atoms with Crippen LogP contribution in [0.5, 0.6) is 0 Å². The summed E-state index contributed by atoms with van der Waals surface area (Å²) in [7, 11) is 0. The zero-order valence-electron chi connectivity index (χ0n) is 15.9. The van der Waals surface area contributed by atoms with Gasteiger partial charge in [-0.25, -0.2) is 4.68 Å². The largest absolute Gasteiger partial charge is 0.347 e. The van der Waals surface area contributed by atoms with Gasteiger partial charge in [0.05, 0.1) is 17.6 Å². The van der Waals surface area contributed by atoms with Crippen molar-refractivity contribution in [2.24, 2.45) is 0 Å². The molecule has 1 atom stereocenters. The molecule has 0 saturated carbocycles. The molecule has 0 saturated heterocycles. The first-order valence-corrected chi connectivity index (χ1v) is 9.54. The molecule has 29 heavy (non-hydrogen) atoms. The lowest BCUT2D eigenvalue weighted by atomic mass is 9.99. The molecular weight excluding hydrogens is 362 g/mol. The van der Waals surface area contributed by atoms with Crippen molar-refractivity contribution in [3.05, 3.63) is 113 Å². The average molecular weight is 383 g/mol. The van der Waals surface area contributed by atoms with E-state index in [4.69, 9.17) is 0 Å². The fraction of sp³-hybridized carbons (Fsp3) is 0.125. The van der Waals surface area contributed by atoms with Crippen LogP contribution in [0, 0.1) is 0 Å². The van der Waals surface area contributed by atoms with Crippen LogP contribution in [0.4, 0.5) is 0 Å². The Labute approximate surface area is 168 Å². The number of benzene rings is 3. The van der Waals surface area contributed by atoms with E-state index in [-0.39, 0.29) is 24.1 Å². The molecule has 0 aliphatic rings. The van der Waals surface area contributed by atoms with Crippen molar-refractivity contribution in [3.8, 4) is 0 Å². The number of fused-ring (bicyclic) bond motifs is 1. The fourth-order valence-corrected chi connectivity index (χ4v) is 3.40. The first-order valence-electron chi connectivity index (χ1n) is 9.54. The van der Waals surface area contributed by atoms with Crippen LogP contribution in [0.3, 0.4) is 0 Å². The summed E-state index contributed by atoms with van der Waals surface area (Å²) < 4.78 is 1.21. The maximum absolute atomic E-state index is 12.8. The Hall–Kier alpha value is -3.73. The third-order valence-corrected chi connectivity index (χ3v) is 4.88. The van der Waals surface area contributed by atoms with E-state index in [1.807, 2.05) is 72.8 Å². The van der Waals surface area contributed by atoms with Crippen LogP contribution in [0.15, 0.2) is 95.9 Å². The van der Waals surface area contributed by atoms with Gasteiger partial charge in [0.1, 0.15) is 6.54 Å². The Bertz CT molecular complexity index is 1170. The molecular formula is C24H21N3O2. The highest BCUT2D eigenvalue weighted by atomic mass is 16.2. The molecule has 3 aromatic carbocycles. The molecule has 1 aromatic heterocycles. The number of nitrogens with zero attached hydrogens (tertiary/aromatic N) is 2. The summed E-state index contributed by atoms with van der Waals surface area (Å²) in [5.41, 5.74) is 1.88. The lowest BCUT2D eigenvalue weighted by Crippen LogP contribution is -2.36. The molecule has 0 aliphatic heterocycles. The SMILES string of the molecule is O=C(Cn1ncc2ccccc2c1=O)NC(Cc1ccccc1)c1ccccc1. The number of carbonyl (C=O) groups is 1. The predicted molar refractivity (Wildman–Crippen MR) is 113 cm³/mol. The van der Waals surface area contributed by atoms with Gasteiger partial charge < -0.3 is 5.32 Å². The van der Waals surface area contributed by atoms with Crippen molar-refractivity contribution >= 4 is 16.7 Å². The zero-order valence-corrected chi connectivity index (χ0v) is 15.9. The first-order chi connectivity index (χ1) is 14.2. The Morgan fingerprint density at radius 2 is 1.55 bits per heavy atom. The second kappa shape index (κ2) is 8.52. The van der Waals surface area contributed by atoms with Crippen LogP contribution in [0.1, 0.15) is 17.2 Å². The molecule has 0 aliphatic carbocycles. The van der Waals surface area contributed by atoms with Crippen LogP contribution in [-0.2, 0) is 17.8 Å². The summed E-state index contributed by atoms with van der Waals surface area (Å²) in [6.45, 7) is -0.123. The second-order valence-electron chi connectivity index (χ2n) is 6.92. The van der Waals surface area contributed by atoms with Gasteiger partial charge in [-0.05, 0) is 23.6 Å². The van der Waals surface area contributed by atoms with Gasteiger partial charge in [0.15, 0.2) is 0 Å². The zero-order chi connectivity index (χ0) is 20.1. The molecule has 144 valence electrons. The standard InChI is InChI=1S/C24H21N3O2/c28-23(17-27-24(29)21-14-8-7-13-20(21)16-25-27)26-22(19-11-5-2-6-12-19)15-18-9-3-1-4-10-18/h1-14,16,22H,15,17H2,(H,26,28). The van der Waals surface area contributed by atoms with E-state index in [2.05, 4.69) is 10.4 Å². The van der Waals surface area contributed by atoms with Crippen molar-refractivity contribution in [2.75, 3.05) is 0 Å². The van der Waals surface area contributed by atoms with E-state index < -0.39 is 0 Å². The summed E-state index contributed by atoms with van der Waals surface area (Å²) >= 11 is 0. The fourth-order valence-electron chi connectivity index (χ4n) is 3.40. The van der Waals surface area contributed by atoms with Crippen LogP contribution in [-0.4, -0.2) is 15.7 Å². The van der Waals surface area contributed by atoms with Crippen molar-refractivity contribution < 1.29 is 4.79 Å². The summed E-state index contributed by atoms with van der Waals surface area (Å²) in [5.74, 6) is -0.250. The smallest absolute Gasteiger partial charge is 0.275 e. The molecule has 0 radical (unpaired) electrons. The Morgan fingerprint density at radius 3 is 2.31 bits per heavy atom. The quantitative estimate of drug-likeness (QED) is 0.554. The maximum Gasteiger partial charge on any atom is 0.275 e. The van der Waals surface area contributed by atoms with Crippen molar-refractivity contribution in [3.63, 3.8) is 0 Å². The van der Waals surface area contributed by atoms with Gasteiger partial charge in [-0.2, -0.15) is 5.10 Å². The van der Waals surface area contributed by atoms with E-state index in [1.54, 1.807) is 18.3 Å². The second-order valence-corrected chi connectivity index (χ2v) is 6.92. The van der Waals surface area contributed by atoms with Crippen LogP contribution in [0.25, 0.3) is 10.8 Å². The number of hydrogen-bond donors (Lipinski definition) is 1. The van der Waals surface area contributed by atoms with E-state index in [1.165, 1.54) is 4.68 Å². The lowest BCUT2D eigenvalue weighted by molar-refractivity contribution is -0.122. The molecule has 0 fully saturated rings. The molecule has 1 heterocycles. The molecule has 0 bridgehead atoms. The van der Waals surface area contributed by atoms with Gasteiger partial charge in [-0.1, -0.05) is 78.9 Å². The number of carbonyl (C=O) groups excluding carboxylic acids is 1. The van der Waals surface area contributed by atoms with Crippen LogP contribution >= 0.6 is 0 Å². The molecule has 4 aromatic rings. The molecule has 1 unspecified atom stereocenters. The molecule has 1 amide bonds. The van der Waals surface area contributed by atoms with Crippen molar-refractivity contribution in [1.29, 1.82) is 0 Å². The summed E-state index contributed by atoms with van der Waals surface area (Å²) in [6, 6.07) is 26.9. The van der Waals surface area contributed by atoms with E-state index in [0.717, 1.165) is 16.5 Å². The summed E-state index contributed by atoms with van der Waals surface area (Å²) in [4.78, 5) is 25.4. The number of hydrogen-bond acceptors (Lipinski definition) is 3. The molecule has 5 nitrogen and oxygen atoms in total. The number of rotatable bonds is 6. The highest BCUT2D eigenvalue weighted by Gasteiger charge is 2.16. The molecule has 0 spiro atoms. The molecule has 5 heteroatoms. The number of aromatic nitrogens is 2. The minimum Gasteiger partial charge on any atom is -0.347 e. The van der Waals surface area contributed by atoms with E-state index in [0.29, 0.717) is 11.8 Å². The summed E-state index contributed by atoms with van der Waals surface area (Å²) in [5, 5.41) is 8.54. The number of nitrogens with one attached hydrogen (secondary N) is 1. The van der Waals surface area contributed by atoms with Gasteiger partial charge in [0.2, 0.25) is 5.91 Å². The Kier molecular flexibility index (Phi) is 5.47. The summed E-state index contributed by atoms with van der Waals surface area (Å²) in [6.07, 6.45) is 2.28. The third-order valence-electron chi connectivity index (χ3n) is 4.88. The van der Waals surface area contributed by atoms with Gasteiger partial charge >= 0.3 is 0 Å². The highest BCUT2D eigenvalue weighted by molar-refractivity contribution is 5.81. The van der Waals surface area contributed by atoms with E-state index in [9.17, 15) is 9.59 Å². The minimum absolute atomic E-state index is 0.123. The van der Waals surface area contributed by atoms with Crippen molar-refractivity contribution in [2.45, 2.75) is 19.0 Å². The first kappa shape index (κ1) is 18.6. The molecule has 4 rings (SSSR count). The van der Waals surface area contributed by atoms with Crippen molar-refractivity contribution in [1.82, 2.24) is 15.1 Å². The lowest BCUT2D eigenvalue weighted by Gasteiger charge is -2.20. The maximum atomic E-state index is 12.8. The Morgan fingerprint density at radius 1 is 0.897 bits per heavy atom. The monoisotopic (exact) mass is 383 g/mol. The van der Waals surface area contributed by atoms with Crippen LogP contribution < -0.4 is 10.9 Å².